The van der Waals surface area contributed by atoms with E-state index in [1.165, 1.54) is 12.1 Å². The molecule has 0 atom stereocenters. The zero-order valence-electron chi connectivity index (χ0n) is 10.8. The maximum absolute atomic E-state index is 13.2. The predicted molar refractivity (Wildman–Crippen MR) is 70.0 cm³/mol. The number of H-pyrrole nitrogens is 1. The summed E-state index contributed by atoms with van der Waals surface area (Å²) in [4.78, 5) is -0.0902. The summed E-state index contributed by atoms with van der Waals surface area (Å²) in [7, 11) is -3.85. The molecule has 0 aliphatic heterocycles. The molecule has 0 fully saturated rings. The molecule has 0 aliphatic rings. The molecule has 0 spiro atoms. The lowest BCUT2D eigenvalue weighted by Gasteiger charge is -2.09. The number of halogens is 1. The van der Waals surface area contributed by atoms with Gasteiger partial charge < -0.3 is 0 Å². The van der Waals surface area contributed by atoms with Gasteiger partial charge in [-0.25, -0.2) is 12.8 Å². The van der Waals surface area contributed by atoms with Gasteiger partial charge in [-0.3, -0.25) is 9.82 Å². The van der Waals surface area contributed by atoms with Crippen LogP contribution in [0.15, 0.2) is 23.1 Å². The average molecular weight is 283 g/mol. The van der Waals surface area contributed by atoms with Gasteiger partial charge in [0, 0.05) is 11.3 Å². The van der Waals surface area contributed by atoms with Crippen molar-refractivity contribution >= 4 is 15.8 Å². The second kappa shape index (κ2) is 4.65. The van der Waals surface area contributed by atoms with E-state index < -0.39 is 15.8 Å². The fraction of sp³-hybridized carbons (Fsp3) is 0.250. The quantitative estimate of drug-likeness (QED) is 0.907. The number of nitrogens with one attached hydrogen (secondary N) is 2. The highest BCUT2D eigenvalue weighted by molar-refractivity contribution is 7.92. The van der Waals surface area contributed by atoms with E-state index in [0.717, 1.165) is 11.8 Å². The highest BCUT2D eigenvalue weighted by atomic mass is 32.2. The standard InChI is InChI=1S/C12H14FN3O2S/c1-7-4-5-10(13)6-11(7)19(17,18)16-12-8(2)9(3)14-15-12/h4-6H,1-3H3,(H2,14,15,16). The van der Waals surface area contributed by atoms with E-state index >= 15 is 0 Å². The minimum atomic E-state index is -3.85. The lowest BCUT2D eigenvalue weighted by molar-refractivity contribution is 0.594. The van der Waals surface area contributed by atoms with E-state index in [2.05, 4.69) is 14.9 Å². The van der Waals surface area contributed by atoms with Gasteiger partial charge in [0.2, 0.25) is 0 Å². The number of aromatic nitrogens is 2. The molecule has 0 saturated carbocycles. The minimum absolute atomic E-state index is 0.0902. The first-order valence-electron chi connectivity index (χ1n) is 5.62. The second-order valence-electron chi connectivity index (χ2n) is 4.34. The van der Waals surface area contributed by atoms with Crippen LogP contribution < -0.4 is 4.72 Å². The molecular weight excluding hydrogens is 269 g/mol. The molecule has 0 unspecified atom stereocenters. The molecule has 7 heteroatoms. The monoisotopic (exact) mass is 283 g/mol. The van der Waals surface area contributed by atoms with Crippen LogP contribution in [0.25, 0.3) is 0 Å². The molecular formula is C12H14FN3O2S. The van der Waals surface area contributed by atoms with E-state index in [1.54, 1.807) is 20.8 Å². The fourth-order valence-electron chi connectivity index (χ4n) is 1.63. The van der Waals surface area contributed by atoms with Crippen LogP contribution in [0.1, 0.15) is 16.8 Å². The van der Waals surface area contributed by atoms with Gasteiger partial charge in [-0.15, -0.1) is 0 Å². The first-order chi connectivity index (χ1) is 8.81. The van der Waals surface area contributed by atoms with Crippen molar-refractivity contribution in [2.75, 3.05) is 4.72 Å². The largest absolute Gasteiger partial charge is 0.280 e. The molecule has 5 nitrogen and oxygen atoms in total. The van der Waals surface area contributed by atoms with Gasteiger partial charge in [-0.05, 0) is 38.5 Å². The van der Waals surface area contributed by atoms with Crippen molar-refractivity contribution < 1.29 is 12.8 Å². The maximum Gasteiger partial charge on any atom is 0.263 e. The zero-order valence-corrected chi connectivity index (χ0v) is 11.6. The molecule has 2 N–H and O–H groups in total. The van der Waals surface area contributed by atoms with Crippen LogP contribution in [0.5, 0.6) is 0 Å². The zero-order chi connectivity index (χ0) is 14.2. The summed E-state index contributed by atoms with van der Waals surface area (Å²) in [5.74, 6) is -0.373. The molecule has 1 aromatic carbocycles. The minimum Gasteiger partial charge on any atom is -0.280 e. The highest BCUT2D eigenvalue weighted by Crippen LogP contribution is 2.22. The van der Waals surface area contributed by atoms with Crippen molar-refractivity contribution in [3.05, 3.63) is 40.8 Å². The van der Waals surface area contributed by atoms with Crippen molar-refractivity contribution in [3.8, 4) is 0 Å². The molecule has 0 saturated heterocycles. The van der Waals surface area contributed by atoms with Crippen LogP contribution >= 0.6 is 0 Å². The van der Waals surface area contributed by atoms with Gasteiger partial charge in [0.1, 0.15) is 5.82 Å². The van der Waals surface area contributed by atoms with Crippen LogP contribution in [-0.2, 0) is 10.0 Å². The lowest BCUT2D eigenvalue weighted by Crippen LogP contribution is -2.15. The second-order valence-corrected chi connectivity index (χ2v) is 5.99. The topological polar surface area (TPSA) is 74.8 Å². The Morgan fingerprint density at radius 1 is 1.26 bits per heavy atom. The van der Waals surface area contributed by atoms with Crippen molar-refractivity contribution in [1.82, 2.24) is 10.2 Å². The number of aromatic amines is 1. The molecule has 2 rings (SSSR count). The predicted octanol–water partition coefficient (Wildman–Crippen LogP) is 2.27. The Hall–Kier alpha value is -1.89. The van der Waals surface area contributed by atoms with Crippen LogP contribution in [0.3, 0.4) is 0 Å². The van der Waals surface area contributed by atoms with Crippen LogP contribution in [0.2, 0.25) is 0 Å². The van der Waals surface area contributed by atoms with Gasteiger partial charge in [-0.1, -0.05) is 6.07 Å². The lowest BCUT2D eigenvalue weighted by atomic mass is 10.2. The molecule has 19 heavy (non-hydrogen) atoms. The smallest absolute Gasteiger partial charge is 0.263 e. The number of aryl methyl sites for hydroxylation is 2. The molecule has 0 radical (unpaired) electrons. The van der Waals surface area contributed by atoms with Gasteiger partial charge in [-0.2, -0.15) is 5.10 Å². The summed E-state index contributed by atoms with van der Waals surface area (Å²) in [5.41, 5.74) is 1.95. The van der Waals surface area contributed by atoms with E-state index in [1.807, 2.05) is 0 Å². The van der Waals surface area contributed by atoms with Gasteiger partial charge in [0.15, 0.2) is 5.82 Å². The first-order valence-corrected chi connectivity index (χ1v) is 7.10. The highest BCUT2D eigenvalue weighted by Gasteiger charge is 2.20. The van der Waals surface area contributed by atoms with Crippen molar-refractivity contribution in [1.29, 1.82) is 0 Å². The van der Waals surface area contributed by atoms with E-state index in [0.29, 0.717) is 11.1 Å². The Morgan fingerprint density at radius 2 is 1.95 bits per heavy atom. The number of rotatable bonds is 3. The number of sulfonamides is 1. The number of nitrogens with zero attached hydrogens (tertiary/aromatic N) is 1. The molecule has 1 aromatic heterocycles. The number of anilines is 1. The third kappa shape index (κ3) is 2.60. The average Bonchev–Trinajstić information content (AvgIpc) is 2.63. The van der Waals surface area contributed by atoms with Crippen molar-refractivity contribution in [2.24, 2.45) is 0 Å². The number of benzene rings is 1. The van der Waals surface area contributed by atoms with Crippen molar-refractivity contribution in [3.63, 3.8) is 0 Å². The Kier molecular flexibility index (Phi) is 3.32. The first kappa shape index (κ1) is 13.5. The fourth-order valence-corrected chi connectivity index (χ4v) is 2.95. The summed E-state index contributed by atoms with van der Waals surface area (Å²) >= 11 is 0. The van der Waals surface area contributed by atoms with Crippen LogP contribution in [-0.4, -0.2) is 18.6 Å². The van der Waals surface area contributed by atoms with Gasteiger partial charge in [0.25, 0.3) is 10.0 Å². The molecule has 102 valence electrons. The summed E-state index contributed by atoms with van der Waals surface area (Å²) < 4.78 is 39.9. The molecule has 0 bridgehead atoms. The molecule has 2 aromatic rings. The Labute approximate surface area is 110 Å². The van der Waals surface area contributed by atoms with Crippen LogP contribution in [0.4, 0.5) is 10.2 Å². The Bertz CT molecular complexity index is 723. The molecule has 0 amide bonds. The summed E-state index contributed by atoms with van der Waals surface area (Å²) in [6, 6.07) is 3.64. The van der Waals surface area contributed by atoms with E-state index in [-0.39, 0.29) is 10.7 Å². The van der Waals surface area contributed by atoms with E-state index in [9.17, 15) is 12.8 Å². The number of hydrogen-bond acceptors (Lipinski definition) is 3. The van der Waals surface area contributed by atoms with Crippen LogP contribution in [0, 0.1) is 26.6 Å². The summed E-state index contributed by atoms with van der Waals surface area (Å²) in [6.07, 6.45) is 0. The van der Waals surface area contributed by atoms with Gasteiger partial charge in [0.05, 0.1) is 4.90 Å². The van der Waals surface area contributed by atoms with Gasteiger partial charge >= 0.3 is 0 Å². The SMILES string of the molecule is Cc1ccc(F)cc1S(=O)(=O)Nc1n[nH]c(C)c1C. The molecule has 1 heterocycles. The Morgan fingerprint density at radius 3 is 2.53 bits per heavy atom. The third-order valence-corrected chi connectivity index (χ3v) is 4.40. The summed E-state index contributed by atoms with van der Waals surface area (Å²) in [5, 5.41) is 6.56. The van der Waals surface area contributed by atoms with Crippen molar-refractivity contribution in [2.45, 2.75) is 25.7 Å². The third-order valence-electron chi connectivity index (χ3n) is 2.92. The normalized spacial score (nSPS) is 11.6. The Balaban J connectivity index is 2.43. The number of hydrogen-bond donors (Lipinski definition) is 2. The van der Waals surface area contributed by atoms with E-state index in [4.69, 9.17) is 0 Å². The summed E-state index contributed by atoms with van der Waals surface area (Å²) in [6.45, 7) is 5.14. The molecule has 0 aliphatic carbocycles. The maximum atomic E-state index is 13.2.